The summed E-state index contributed by atoms with van der Waals surface area (Å²) >= 11 is 0. The topological polar surface area (TPSA) is 51.5 Å². The van der Waals surface area contributed by atoms with E-state index in [4.69, 9.17) is 4.74 Å². The fraction of sp³-hybridized carbons (Fsp3) is 0.600. The minimum absolute atomic E-state index is 0.186. The predicted molar refractivity (Wildman–Crippen MR) is 76.9 cm³/mol. The van der Waals surface area contributed by atoms with E-state index in [0.717, 1.165) is 12.2 Å². The second-order valence-electron chi connectivity index (χ2n) is 5.49. The molecule has 2 rings (SSSR count). The van der Waals surface area contributed by atoms with E-state index in [-0.39, 0.29) is 16.9 Å². The number of rotatable bonds is 6. The highest BCUT2D eigenvalue weighted by Crippen LogP contribution is 2.29. The highest BCUT2D eigenvalue weighted by atomic mass is 16.5. The van der Waals surface area contributed by atoms with Gasteiger partial charge < -0.3 is 14.2 Å². The van der Waals surface area contributed by atoms with Crippen molar-refractivity contribution >= 4 is 5.91 Å². The fourth-order valence-electron chi connectivity index (χ4n) is 2.15. The van der Waals surface area contributed by atoms with Gasteiger partial charge in [0, 0.05) is 45.2 Å². The first-order valence-electron chi connectivity index (χ1n) is 6.98. The second-order valence-corrected chi connectivity index (χ2v) is 5.49. The van der Waals surface area contributed by atoms with Crippen LogP contribution in [0.4, 0.5) is 0 Å². The molecule has 1 aliphatic carbocycles. The Balaban J connectivity index is 2.21. The van der Waals surface area contributed by atoms with Gasteiger partial charge in [0.2, 0.25) is 0 Å². The van der Waals surface area contributed by atoms with Crippen LogP contribution in [0.25, 0.3) is 0 Å². The molecule has 0 aliphatic heterocycles. The zero-order chi connectivity index (χ0) is 14.7. The van der Waals surface area contributed by atoms with Gasteiger partial charge in [0.25, 0.3) is 5.91 Å². The molecular weight excluding hydrogens is 256 g/mol. The number of hydrogen-bond acceptors (Lipinski definition) is 3. The van der Waals surface area contributed by atoms with Gasteiger partial charge in [-0.05, 0) is 25.7 Å². The molecule has 0 N–H and O–H groups in total. The number of hydrogen-bond donors (Lipinski definition) is 0. The molecular formula is C15H22N2O3. The van der Waals surface area contributed by atoms with Crippen LogP contribution >= 0.6 is 0 Å². The zero-order valence-corrected chi connectivity index (χ0v) is 12.4. The summed E-state index contributed by atoms with van der Waals surface area (Å²) in [6.45, 7) is 3.59. The molecule has 0 unspecified atom stereocenters. The molecule has 20 heavy (non-hydrogen) atoms. The van der Waals surface area contributed by atoms with Gasteiger partial charge in [-0.2, -0.15) is 0 Å². The molecule has 1 amide bonds. The van der Waals surface area contributed by atoms with E-state index in [1.54, 1.807) is 22.8 Å². The third kappa shape index (κ3) is 3.48. The Morgan fingerprint density at radius 3 is 2.80 bits per heavy atom. The maximum absolute atomic E-state index is 12.6. The van der Waals surface area contributed by atoms with Crippen LogP contribution < -0.4 is 5.43 Å². The third-order valence-corrected chi connectivity index (χ3v) is 3.74. The molecule has 1 fully saturated rings. The summed E-state index contributed by atoms with van der Waals surface area (Å²) in [7, 11) is 3.45. The number of aryl methyl sites for hydroxylation is 2. The van der Waals surface area contributed by atoms with Crippen LogP contribution in [0.2, 0.25) is 0 Å². The van der Waals surface area contributed by atoms with Gasteiger partial charge in [-0.15, -0.1) is 0 Å². The number of nitrogens with zero attached hydrogens (tertiary/aromatic N) is 2. The third-order valence-electron chi connectivity index (χ3n) is 3.74. The average Bonchev–Trinajstić information content (AvgIpc) is 3.22. The van der Waals surface area contributed by atoms with E-state index in [0.29, 0.717) is 19.1 Å². The monoisotopic (exact) mass is 278 g/mol. The van der Waals surface area contributed by atoms with Crippen LogP contribution in [0.15, 0.2) is 17.1 Å². The summed E-state index contributed by atoms with van der Waals surface area (Å²) in [5, 5.41) is 0. The number of carbonyl (C=O) groups is 1. The molecule has 5 heteroatoms. The Morgan fingerprint density at radius 1 is 1.50 bits per heavy atom. The zero-order valence-electron chi connectivity index (χ0n) is 12.4. The number of methoxy groups -OCH3 is 1. The highest BCUT2D eigenvalue weighted by molar-refractivity contribution is 5.93. The van der Waals surface area contributed by atoms with E-state index in [9.17, 15) is 9.59 Å². The summed E-state index contributed by atoms with van der Waals surface area (Å²) in [5.74, 6) is 0.402. The van der Waals surface area contributed by atoms with Crippen molar-refractivity contribution in [2.75, 3.05) is 26.8 Å². The smallest absolute Gasteiger partial charge is 0.259 e. The molecule has 0 bridgehead atoms. The molecule has 0 aromatic carbocycles. The number of amides is 1. The first-order chi connectivity index (χ1) is 9.52. The van der Waals surface area contributed by atoms with Gasteiger partial charge in [-0.3, -0.25) is 9.59 Å². The van der Waals surface area contributed by atoms with Crippen molar-refractivity contribution in [2.24, 2.45) is 13.0 Å². The minimum atomic E-state index is -0.205. The van der Waals surface area contributed by atoms with Crippen molar-refractivity contribution in [3.05, 3.63) is 33.7 Å². The van der Waals surface area contributed by atoms with Crippen molar-refractivity contribution in [3.63, 3.8) is 0 Å². The van der Waals surface area contributed by atoms with Gasteiger partial charge in [0.05, 0.1) is 6.61 Å². The number of ether oxygens (including phenoxy) is 1. The van der Waals surface area contributed by atoms with E-state index in [2.05, 4.69) is 0 Å². The van der Waals surface area contributed by atoms with Gasteiger partial charge in [-0.1, -0.05) is 0 Å². The van der Waals surface area contributed by atoms with Gasteiger partial charge in [-0.25, -0.2) is 0 Å². The summed E-state index contributed by atoms with van der Waals surface area (Å²) in [6.07, 6.45) is 3.97. The van der Waals surface area contributed by atoms with Gasteiger partial charge in [0.1, 0.15) is 5.56 Å². The van der Waals surface area contributed by atoms with Crippen LogP contribution in [0.3, 0.4) is 0 Å². The first-order valence-corrected chi connectivity index (χ1v) is 6.98. The van der Waals surface area contributed by atoms with Crippen LogP contribution in [-0.2, 0) is 11.8 Å². The largest absolute Gasteiger partial charge is 0.383 e. The molecule has 110 valence electrons. The number of carbonyl (C=O) groups excluding carboxylic acids is 1. The minimum Gasteiger partial charge on any atom is -0.383 e. The van der Waals surface area contributed by atoms with Crippen molar-refractivity contribution < 1.29 is 9.53 Å². The molecule has 0 atom stereocenters. The molecule has 5 nitrogen and oxygen atoms in total. The van der Waals surface area contributed by atoms with Crippen LogP contribution in [-0.4, -0.2) is 42.2 Å². The highest BCUT2D eigenvalue weighted by Gasteiger charge is 2.28. The molecule has 0 radical (unpaired) electrons. The molecule has 1 saturated carbocycles. The van der Waals surface area contributed by atoms with Crippen molar-refractivity contribution in [2.45, 2.75) is 19.8 Å². The Kier molecular flexibility index (Phi) is 4.60. The Morgan fingerprint density at radius 2 is 2.20 bits per heavy atom. The lowest BCUT2D eigenvalue weighted by Crippen LogP contribution is -2.38. The SMILES string of the molecule is COCCN(CC1CC1)C(=O)c1cn(C)c(C)cc1=O. The predicted octanol–water partition coefficient (Wildman–Crippen LogP) is 1.19. The van der Waals surface area contributed by atoms with Crippen molar-refractivity contribution in [1.82, 2.24) is 9.47 Å². The fourth-order valence-corrected chi connectivity index (χ4v) is 2.15. The molecule has 0 spiro atoms. The van der Waals surface area contributed by atoms with Gasteiger partial charge >= 0.3 is 0 Å². The molecule has 1 aromatic heterocycles. The van der Waals surface area contributed by atoms with E-state index in [1.165, 1.54) is 18.9 Å². The van der Waals surface area contributed by atoms with Gasteiger partial charge in [0.15, 0.2) is 5.43 Å². The summed E-state index contributed by atoms with van der Waals surface area (Å²) < 4.78 is 6.86. The Labute approximate surface area is 119 Å². The second kappa shape index (κ2) is 6.22. The maximum atomic E-state index is 12.6. The Hall–Kier alpha value is -1.62. The first kappa shape index (κ1) is 14.8. The standard InChI is InChI=1S/C15H22N2O3/c1-11-8-14(18)13(10-16(11)2)15(19)17(6-7-20-3)9-12-4-5-12/h8,10,12H,4-7,9H2,1-3H3. The quantitative estimate of drug-likeness (QED) is 0.785. The molecule has 0 saturated heterocycles. The number of aromatic nitrogens is 1. The lowest BCUT2D eigenvalue weighted by molar-refractivity contribution is 0.0684. The van der Waals surface area contributed by atoms with Crippen molar-refractivity contribution in [1.29, 1.82) is 0 Å². The Bertz CT molecular complexity index is 547. The maximum Gasteiger partial charge on any atom is 0.259 e. The van der Waals surface area contributed by atoms with E-state index < -0.39 is 0 Å². The van der Waals surface area contributed by atoms with Crippen LogP contribution in [0, 0.1) is 12.8 Å². The number of pyridine rings is 1. The molecule has 1 aromatic rings. The van der Waals surface area contributed by atoms with Crippen molar-refractivity contribution in [3.8, 4) is 0 Å². The lowest BCUT2D eigenvalue weighted by Gasteiger charge is -2.22. The molecule has 1 heterocycles. The normalized spacial score (nSPS) is 14.3. The van der Waals surface area contributed by atoms with Crippen LogP contribution in [0.5, 0.6) is 0 Å². The lowest BCUT2D eigenvalue weighted by atomic mass is 10.2. The summed E-state index contributed by atoms with van der Waals surface area (Å²) in [6, 6.07) is 1.51. The molecule has 1 aliphatic rings. The van der Waals surface area contributed by atoms with E-state index >= 15 is 0 Å². The van der Waals surface area contributed by atoms with Crippen LogP contribution in [0.1, 0.15) is 28.9 Å². The average molecular weight is 278 g/mol. The summed E-state index contributed by atoms with van der Waals surface area (Å²) in [4.78, 5) is 26.3. The van der Waals surface area contributed by atoms with E-state index in [1.807, 2.05) is 14.0 Å². The summed E-state index contributed by atoms with van der Waals surface area (Å²) in [5.41, 5.74) is 0.885.